The fourth-order valence-electron chi connectivity index (χ4n) is 7.58. The maximum absolute atomic E-state index is 5.59. The molecule has 0 bridgehead atoms. The molecule has 1 saturated carbocycles. The van der Waals surface area contributed by atoms with Crippen molar-refractivity contribution in [3.05, 3.63) is 65.5 Å². The van der Waals surface area contributed by atoms with Gasteiger partial charge in [-0.15, -0.1) is 6.42 Å². The van der Waals surface area contributed by atoms with Crippen molar-refractivity contribution in [1.82, 2.24) is 34.8 Å². The number of aromatic nitrogens is 6. The molecule has 2 saturated heterocycles. The lowest BCUT2D eigenvalue weighted by Crippen LogP contribution is -2.36. The highest BCUT2D eigenvalue weighted by atomic mass is 15.2. The number of benzene rings is 1. The van der Waals surface area contributed by atoms with Gasteiger partial charge in [-0.25, -0.2) is 24.9 Å². The first-order valence-electron chi connectivity index (χ1n) is 17.6. The zero-order valence-corrected chi connectivity index (χ0v) is 27.9. The Labute approximate surface area is 279 Å². The molecule has 4 aromatic rings. The van der Waals surface area contributed by atoms with Crippen LogP contribution in [0.15, 0.2) is 42.7 Å². The van der Waals surface area contributed by atoms with E-state index in [1.54, 1.807) is 6.20 Å². The fraction of sp³-hybridized carbons (Fsp3) is 0.500. The van der Waals surface area contributed by atoms with Gasteiger partial charge in [0.05, 0.1) is 17.1 Å². The molecule has 244 valence electrons. The molecule has 3 fully saturated rings. The molecule has 5 heterocycles. The molecule has 7 rings (SSSR count). The van der Waals surface area contributed by atoms with E-state index in [1.807, 2.05) is 12.3 Å². The van der Waals surface area contributed by atoms with Crippen LogP contribution in [-0.4, -0.2) is 61.7 Å². The first-order valence-corrected chi connectivity index (χ1v) is 17.6. The minimum atomic E-state index is 0.403. The van der Waals surface area contributed by atoms with Crippen molar-refractivity contribution in [3.8, 4) is 35.0 Å². The van der Waals surface area contributed by atoms with Crippen molar-refractivity contribution in [2.45, 2.75) is 90.1 Å². The van der Waals surface area contributed by atoms with E-state index in [0.717, 1.165) is 92.8 Å². The van der Waals surface area contributed by atoms with E-state index in [2.05, 4.69) is 74.1 Å². The number of aryl methyl sites for hydroxylation is 2. The van der Waals surface area contributed by atoms with Crippen LogP contribution in [0.3, 0.4) is 0 Å². The van der Waals surface area contributed by atoms with Crippen LogP contribution in [0, 0.1) is 32.1 Å². The van der Waals surface area contributed by atoms with E-state index in [0.29, 0.717) is 23.7 Å². The molecule has 1 aromatic carbocycles. The Morgan fingerprint density at radius 3 is 2.43 bits per heavy atom. The molecule has 0 atom stereocenters. The summed E-state index contributed by atoms with van der Waals surface area (Å²) in [6.45, 7) is 9.19. The van der Waals surface area contributed by atoms with Gasteiger partial charge in [0.2, 0.25) is 11.8 Å². The van der Waals surface area contributed by atoms with Crippen LogP contribution >= 0.6 is 0 Å². The number of imidazole rings is 1. The van der Waals surface area contributed by atoms with Gasteiger partial charge < -0.3 is 20.1 Å². The Morgan fingerprint density at radius 1 is 0.872 bits per heavy atom. The number of anilines is 2. The van der Waals surface area contributed by atoms with Crippen molar-refractivity contribution < 1.29 is 0 Å². The number of terminal acetylenes is 1. The van der Waals surface area contributed by atoms with Crippen molar-refractivity contribution in [1.29, 1.82) is 0 Å². The summed E-state index contributed by atoms with van der Waals surface area (Å²) < 4.78 is 2.55. The Bertz CT molecular complexity index is 1720. The molecule has 3 aromatic heterocycles. The summed E-state index contributed by atoms with van der Waals surface area (Å²) in [4.78, 5) is 26.6. The molecule has 9 heteroatoms. The molecule has 3 aliphatic rings. The molecule has 0 unspecified atom stereocenters. The van der Waals surface area contributed by atoms with E-state index in [1.165, 1.54) is 49.1 Å². The second-order valence-corrected chi connectivity index (χ2v) is 13.7. The Balaban J connectivity index is 1.26. The topological polar surface area (TPSA) is 96.7 Å². The monoisotopic (exact) mass is 629 g/mol. The lowest BCUT2D eigenvalue weighted by Gasteiger charge is -2.34. The fourth-order valence-corrected chi connectivity index (χ4v) is 7.58. The summed E-state index contributed by atoms with van der Waals surface area (Å²) in [5.74, 6) is 6.77. The highest BCUT2D eigenvalue weighted by molar-refractivity contribution is 5.78. The number of nitrogens with zero attached hydrogens (tertiary/aromatic N) is 7. The van der Waals surface area contributed by atoms with Gasteiger partial charge in [0.15, 0.2) is 0 Å². The zero-order chi connectivity index (χ0) is 32.2. The zero-order valence-electron chi connectivity index (χ0n) is 27.9. The maximum Gasteiger partial charge on any atom is 0.223 e. The van der Waals surface area contributed by atoms with Gasteiger partial charge in [-0.05, 0) is 107 Å². The standard InChI is InChI=1S/C38H47N9/c1-4-33-40-21-15-34(44-33)46-22-16-28(17-23-46)25-47-36(32-14-20-41-38(43-32)42-31-8-6-5-7-9-31)35(30-11-10-26(2)27(3)24-30)45-37(47)29-12-18-39-19-13-29/h1,10-11,14-15,20-21,24,28-29,31,39H,5-9,12-13,16-19,22-23,25H2,2-3H3,(H,41,42,43). The highest BCUT2D eigenvalue weighted by Gasteiger charge is 2.30. The van der Waals surface area contributed by atoms with Gasteiger partial charge in [-0.3, -0.25) is 0 Å². The highest BCUT2D eigenvalue weighted by Crippen LogP contribution is 2.39. The average Bonchev–Trinajstić information content (AvgIpc) is 3.49. The third-order valence-corrected chi connectivity index (χ3v) is 10.5. The van der Waals surface area contributed by atoms with Crippen LogP contribution in [0.2, 0.25) is 0 Å². The summed E-state index contributed by atoms with van der Waals surface area (Å²) >= 11 is 0. The number of rotatable bonds is 8. The molecule has 1 aliphatic carbocycles. The van der Waals surface area contributed by atoms with Gasteiger partial charge in [0.25, 0.3) is 0 Å². The summed E-state index contributed by atoms with van der Waals surface area (Å²) in [5.41, 5.74) is 6.81. The summed E-state index contributed by atoms with van der Waals surface area (Å²) in [6, 6.07) is 11.2. The average molecular weight is 630 g/mol. The van der Waals surface area contributed by atoms with Crippen LogP contribution in [0.4, 0.5) is 11.8 Å². The van der Waals surface area contributed by atoms with Crippen LogP contribution in [0.25, 0.3) is 22.6 Å². The molecule has 47 heavy (non-hydrogen) atoms. The van der Waals surface area contributed by atoms with Gasteiger partial charge in [-0.1, -0.05) is 31.4 Å². The second kappa shape index (κ2) is 14.2. The van der Waals surface area contributed by atoms with Crippen molar-refractivity contribution in [3.63, 3.8) is 0 Å². The Morgan fingerprint density at radius 2 is 1.66 bits per heavy atom. The number of hydrogen-bond acceptors (Lipinski definition) is 8. The molecule has 0 amide bonds. The van der Waals surface area contributed by atoms with Crippen LogP contribution in [0.5, 0.6) is 0 Å². The van der Waals surface area contributed by atoms with E-state index in [9.17, 15) is 0 Å². The van der Waals surface area contributed by atoms with Crippen molar-refractivity contribution >= 4 is 11.8 Å². The lowest BCUT2D eigenvalue weighted by atomic mass is 9.94. The first-order chi connectivity index (χ1) is 23.1. The summed E-state index contributed by atoms with van der Waals surface area (Å²) in [6.07, 6.45) is 19.8. The molecule has 9 nitrogen and oxygen atoms in total. The number of nitrogens with one attached hydrogen (secondary N) is 2. The third kappa shape index (κ3) is 7.03. The molecule has 0 spiro atoms. The quantitative estimate of drug-likeness (QED) is 0.213. The lowest BCUT2D eigenvalue weighted by molar-refractivity contribution is 0.342. The van der Waals surface area contributed by atoms with E-state index >= 15 is 0 Å². The predicted octanol–water partition coefficient (Wildman–Crippen LogP) is 6.52. The normalized spacial score (nSPS) is 18.3. The van der Waals surface area contributed by atoms with Crippen molar-refractivity contribution in [2.24, 2.45) is 5.92 Å². The predicted molar refractivity (Wildman–Crippen MR) is 188 cm³/mol. The second-order valence-electron chi connectivity index (χ2n) is 13.7. The van der Waals surface area contributed by atoms with Crippen LogP contribution in [-0.2, 0) is 6.54 Å². The summed E-state index contributed by atoms with van der Waals surface area (Å²) in [7, 11) is 0. The third-order valence-electron chi connectivity index (χ3n) is 10.5. The molecular formula is C38H47N9. The van der Waals surface area contributed by atoms with Crippen molar-refractivity contribution in [2.75, 3.05) is 36.4 Å². The molecule has 2 aliphatic heterocycles. The summed E-state index contributed by atoms with van der Waals surface area (Å²) in [5, 5.41) is 7.24. The SMILES string of the molecule is C#Cc1nccc(N2CCC(Cn3c(C4CCNCC4)nc(-c4ccc(C)c(C)c4)c3-c3ccnc(NC4CCCCC4)n3)CC2)n1. The molecule has 0 radical (unpaired) electrons. The van der Waals surface area contributed by atoms with Crippen LogP contribution < -0.4 is 15.5 Å². The Kier molecular flexibility index (Phi) is 9.48. The van der Waals surface area contributed by atoms with Gasteiger partial charge in [0.1, 0.15) is 11.6 Å². The van der Waals surface area contributed by atoms with E-state index in [-0.39, 0.29) is 0 Å². The van der Waals surface area contributed by atoms with Crippen LogP contribution in [0.1, 0.15) is 86.5 Å². The smallest absolute Gasteiger partial charge is 0.223 e. The van der Waals surface area contributed by atoms with Gasteiger partial charge in [0, 0.05) is 49.6 Å². The van der Waals surface area contributed by atoms with E-state index in [4.69, 9.17) is 21.4 Å². The van der Waals surface area contributed by atoms with Gasteiger partial charge in [-0.2, -0.15) is 0 Å². The molecule has 2 N–H and O–H groups in total. The van der Waals surface area contributed by atoms with Gasteiger partial charge >= 0.3 is 0 Å². The number of piperidine rings is 2. The number of hydrogen-bond donors (Lipinski definition) is 2. The largest absolute Gasteiger partial charge is 0.356 e. The molecular weight excluding hydrogens is 582 g/mol. The van der Waals surface area contributed by atoms with E-state index < -0.39 is 0 Å². The first kappa shape index (κ1) is 31.3. The minimum absolute atomic E-state index is 0.403. The Hall–Kier alpha value is -4.29. The maximum atomic E-state index is 5.59. The minimum Gasteiger partial charge on any atom is -0.356 e.